The predicted octanol–water partition coefficient (Wildman–Crippen LogP) is 6.46. The summed E-state index contributed by atoms with van der Waals surface area (Å²) < 4.78 is 0. The molecule has 0 aromatic carbocycles. The van der Waals surface area contributed by atoms with Gasteiger partial charge in [-0.3, -0.25) is 0 Å². The van der Waals surface area contributed by atoms with Gasteiger partial charge in [0.1, 0.15) is 0 Å². The second kappa shape index (κ2) is 10.8. The number of aliphatic hydroxyl groups is 2. The molecule has 4 aliphatic carbocycles. The zero-order valence-corrected chi connectivity index (χ0v) is 25.3. The molecule has 3 N–H and O–H groups in total. The van der Waals surface area contributed by atoms with E-state index in [4.69, 9.17) is 0 Å². The first-order valence-electron chi connectivity index (χ1n) is 16.1. The lowest BCUT2D eigenvalue weighted by Gasteiger charge is -2.67. The summed E-state index contributed by atoms with van der Waals surface area (Å²) in [5, 5.41) is 23.4. The van der Waals surface area contributed by atoms with Gasteiger partial charge in [0.25, 0.3) is 0 Å². The minimum Gasteiger partial charge on any atom is -0.393 e. The number of hydrogen-bond donors (Lipinski definition) is 3. The van der Waals surface area contributed by atoms with Crippen molar-refractivity contribution in [2.75, 3.05) is 13.6 Å². The number of fused-ring (bicyclic) bond motifs is 5. The number of nitrogens with zero attached hydrogens (tertiary/aromatic N) is 2. The number of rotatable bonds is 9. The van der Waals surface area contributed by atoms with E-state index in [9.17, 15) is 10.2 Å². The Labute approximate surface area is 232 Å². The molecule has 0 amide bonds. The van der Waals surface area contributed by atoms with Crippen molar-refractivity contribution in [1.82, 2.24) is 14.9 Å². The molecule has 4 aliphatic rings. The van der Waals surface area contributed by atoms with E-state index in [2.05, 4.69) is 56.5 Å². The molecule has 0 spiro atoms. The first kappa shape index (κ1) is 28.6. The summed E-state index contributed by atoms with van der Waals surface area (Å²) >= 11 is 0. The Morgan fingerprint density at radius 1 is 1.08 bits per heavy atom. The summed E-state index contributed by atoms with van der Waals surface area (Å²) in [6, 6.07) is 0.0903. The molecular weight excluding hydrogens is 470 g/mol. The number of aromatic amines is 1. The van der Waals surface area contributed by atoms with Gasteiger partial charge in [-0.25, -0.2) is 4.98 Å². The van der Waals surface area contributed by atoms with E-state index in [1.807, 2.05) is 6.20 Å². The van der Waals surface area contributed by atoms with E-state index in [1.165, 1.54) is 44.9 Å². The third-order valence-corrected chi connectivity index (χ3v) is 12.8. The fraction of sp³-hybridized carbons (Fsp3) is 0.909. The fourth-order valence-electron chi connectivity index (χ4n) is 10.7. The van der Waals surface area contributed by atoms with Crippen molar-refractivity contribution in [3.8, 4) is 0 Å². The molecule has 216 valence electrons. The Hall–Kier alpha value is -0.910. The van der Waals surface area contributed by atoms with Gasteiger partial charge in [0, 0.05) is 37.0 Å². The van der Waals surface area contributed by atoms with Crippen LogP contribution in [-0.2, 0) is 6.42 Å². The minimum absolute atomic E-state index is 0.0903. The maximum absolute atomic E-state index is 12.6. The van der Waals surface area contributed by atoms with Crippen LogP contribution < -0.4 is 0 Å². The van der Waals surface area contributed by atoms with Crippen LogP contribution in [0.2, 0.25) is 0 Å². The normalized spacial score (nSPS) is 43.6. The molecule has 0 radical (unpaired) electrons. The van der Waals surface area contributed by atoms with Crippen LogP contribution in [-0.4, -0.2) is 56.4 Å². The molecule has 4 fully saturated rings. The van der Waals surface area contributed by atoms with Crippen molar-refractivity contribution >= 4 is 0 Å². The summed E-state index contributed by atoms with van der Waals surface area (Å²) in [6.07, 6.45) is 17.1. The Morgan fingerprint density at radius 2 is 1.87 bits per heavy atom. The first-order chi connectivity index (χ1) is 18.0. The second-order valence-corrected chi connectivity index (χ2v) is 15.2. The van der Waals surface area contributed by atoms with E-state index in [0.29, 0.717) is 23.7 Å². The first-order valence-corrected chi connectivity index (χ1v) is 16.1. The highest BCUT2D eigenvalue weighted by molar-refractivity contribution is 5.19. The summed E-state index contributed by atoms with van der Waals surface area (Å²) in [5.74, 6) is 4.49. The molecule has 4 saturated carbocycles. The molecule has 1 aromatic rings. The largest absolute Gasteiger partial charge is 0.393 e. The zero-order chi connectivity index (χ0) is 27.3. The van der Waals surface area contributed by atoms with Crippen LogP contribution in [0, 0.1) is 46.3 Å². The number of likely N-dealkylation sites (N-methyl/N-ethyl adjacent to an activating group) is 1. The fourth-order valence-corrected chi connectivity index (χ4v) is 10.7. The van der Waals surface area contributed by atoms with Crippen molar-refractivity contribution in [3.05, 3.63) is 18.2 Å². The standard InChI is InChI=1S/C33H57N3O2/c1-22(2)8-7-9-23(3)27-10-11-28-26-18-30(36(6)17-14-24-20-34-21-35-24)33(38)19-25(37)12-16-32(33,5)29(26)13-15-31(27,28)4/h20-23,25-30,37-38H,7-19H2,1-6H3,(H,34,35)/t23-,25?,26+,27-,28+,29+,30?,31-,32-,33?/m1/s1. The number of imidazole rings is 1. The van der Waals surface area contributed by atoms with Gasteiger partial charge in [-0.1, -0.05) is 53.9 Å². The number of hydrogen-bond acceptors (Lipinski definition) is 4. The quantitative estimate of drug-likeness (QED) is 0.345. The maximum Gasteiger partial charge on any atom is 0.0923 e. The number of nitrogens with one attached hydrogen (secondary N) is 1. The van der Waals surface area contributed by atoms with Gasteiger partial charge in [0.2, 0.25) is 0 Å². The maximum atomic E-state index is 12.6. The highest BCUT2D eigenvalue weighted by atomic mass is 16.3. The van der Waals surface area contributed by atoms with E-state index >= 15 is 0 Å². The molecular formula is C33H57N3O2. The van der Waals surface area contributed by atoms with Crippen LogP contribution in [0.1, 0.15) is 111 Å². The van der Waals surface area contributed by atoms with E-state index in [0.717, 1.165) is 61.6 Å². The third-order valence-electron chi connectivity index (χ3n) is 12.8. The Bertz CT molecular complexity index is 919. The number of H-pyrrole nitrogens is 1. The number of aliphatic hydroxyl groups excluding tert-OH is 1. The molecule has 10 atom stereocenters. The van der Waals surface area contributed by atoms with Gasteiger partial charge >= 0.3 is 0 Å². The molecule has 38 heavy (non-hydrogen) atoms. The van der Waals surface area contributed by atoms with Crippen LogP contribution in [0.15, 0.2) is 12.5 Å². The molecule has 0 saturated heterocycles. The lowest BCUT2D eigenvalue weighted by Crippen LogP contribution is -2.71. The molecule has 0 bridgehead atoms. The molecule has 1 heterocycles. The predicted molar refractivity (Wildman–Crippen MR) is 155 cm³/mol. The van der Waals surface area contributed by atoms with Crippen molar-refractivity contribution < 1.29 is 10.2 Å². The Balaban J connectivity index is 1.39. The van der Waals surface area contributed by atoms with Crippen LogP contribution >= 0.6 is 0 Å². The van der Waals surface area contributed by atoms with Crippen LogP contribution in [0.25, 0.3) is 0 Å². The van der Waals surface area contributed by atoms with Crippen LogP contribution in [0.5, 0.6) is 0 Å². The highest BCUT2D eigenvalue weighted by Crippen LogP contribution is 2.69. The molecule has 0 aliphatic heterocycles. The Morgan fingerprint density at radius 3 is 2.58 bits per heavy atom. The van der Waals surface area contributed by atoms with Crippen molar-refractivity contribution in [2.45, 2.75) is 129 Å². The lowest BCUT2D eigenvalue weighted by molar-refractivity contribution is -0.249. The van der Waals surface area contributed by atoms with Gasteiger partial charge in [-0.15, -0.1) is 0 Å². The van der Waals surface area contributed by atoms with Crippen LogP contribution in [0.3, 0.4) is 0 Å². The molecule has 5 heteroatoms. The molecule has 3 unspecified atom stereocenters. The van der Waals surface area contributed by atoms with Crippen molar-refractivity contribution in [3.63, 3.8) is 0 Å². The third kappa shape index (κ3) is 4.81. The van der Waals surface area contributed by atoms with Crippen molar-refractivity contribution in [2.24, 2.45) is 46.3 Å². The molecule has 1 aromatic heterocycles. The van der Waals surface area contributed by atoms with Gasteiger partial charge in [0.15, 0.2) is 0 Å². The van der Waals surface area contributed by atoms with E-state index < -0.39 is 5.60 Å². The average molecular weight is 528 g/mol. The van der Waals surface area contributed by atoms with Gasteiger partial charge in [0.05, 0.1) is 23.7 Å². The van der Waals surface area contributed by atoms with Gasteiger partial charge < -0.3 is 20.1 Å². The summed E-state index contributed by atoms with van der Waals surface area (Å²) in [6.45, 7) is 13.2. The van der Waals surface area contributed by atoms with E-state index in [1.54, 1.807) is 6.33 Å². The lowest BCUT2D eigenvalue weighted by atomic mass is 9.41. The van der Waals surface area contributed by atoms with Gasteiger partial charge in [-0.05, 0) is 92.9 Å². The van der Waals surface area contributed by atoms with Crippen LogP contribution in [0.4, 0.5) is 0 Å². The van der Waals surface area contributed by atoms with Crippen molar-refractivity contribution in [1.29, 1.82) is 0 Å². The molecule has 5 rings (SSSR count). The monoisotopic (exact) mass is 527 g/mol. The minimum atomic E-state index is -0.831. The summed E-state index contributed by atoms with van der Waals surface area (Å²) in [5.41, 5.74) is 0.570. The number of aromatic nitrogens is 2. The summed E-state index contributed by atoms with van der Waals surface area (Å²) in [7, 11) is 2.22. The second-order valence-electron chi connectivity index (χ2n) is 15.2. The molecule has 5 nitrogen and oxygen atoms in total. The van der Waals surface area contributed by atoms with E-state index in [-0.39, 0.29) is 17.6 Å². The topological polar surface area (TPSA) is 72.4 Å². The highest BCUT2D eigenvalue weighted by Gasteiger charge is 2.68. The van der Waals surface area contributed by atoms with Gasteiger partial charge in [-0.2, -0.15) is 0 Å². The SMILES string of the molecule is CC(C)CCC[C@@H](C)[C@H]1CC[C@H]2[C@@H]3CC(N(C)CCc4c[nH]cn4)C4(O)CC(O)CC[C@]4(C)[C@H]3CC[C@]12C. The zero-order valence-electron chi connectivity index (χ0n) is 25.3. The Kier molecular flexibility index (Phi) is 8.15. The summed E-state index contributed by atoms with van der Waals surface area (Å²) in [4.78, 5) is 9.97. The average Bonchev–Trinajstić information content (AvgIpc) is 3.50. The smallest absolute Gasteiger partial charge is 0.0923 e.